The molecule has 0 unspecified atom stereocenters. The van der Waals surface area contributed by atoms with E-state index in [4.69, 9.17) is 0 Å². The molecule has 0 aliphatic carbocycles. The number of aryl methyl sites for hydroxylation is 1. The van der Waals surface area contributed by atoms with Gasteiger partial charge in [-0.1, -0.05) is 13.8 Å². The number of aromatic nitrogens is 2. The van der Waals surface area contributed by atoms with Gasteiger partial charge in [0.1, 0.15) is 17.3 Å². The first-order chi connectivity index (χ1) is 11.0. The fourth-order valence-electron chi connectivity index (χ4n) is 2.64. The third-order valence-electron chi connectivity index (χ3n) is 3.88. The number of carbonyl (C=O) groups is 1. The zero-order chi connectivity index (χ0) is 16.4. The third-order valence-corrected chi connectivity index (χ3v) is 4.94. The average Bonchev–Trinajstić information content (AvgIpc) is 2.93. The molecule has 6 heteroatoms. The van der Waals surface area contributed by atoms with Crippen molar-refractivity contribution in [1.29, 1.82) is 0 Å². The maximum absolute atomic E-state index is 12.1. The molecule has 5 nitrogen and oxygen atoms in total. The van der Waals surface area contributed by atoms with Crippen LogP contribution in [0.25, 0.3) is 0 Å². The van der Waals surface area contributed by atoms with Crippen LogP contribution in [0, 0.1) is 6.92 Å². The van der Waals surface area contributed by atoms with Gasteiger partial charge in [0.15, 0.2) is 0 Å². The van der Waals surface area contributed by atoms with Gasteiger partial charge in [0.25, 0.3) is 5.91 Å². The lowest BCUT2D eigenvalue weighted by Crippen LogP contribution is -2.34. The lowest BCUT2D eigenvalue weighted by Gasteiger charge is -2.20. The van der Waals surface area contributed by atoms with E-state index in [0.717, 1.165) is 36.6 Å². The SMILES string of the molecule is Cc1ccc(CCNc2nc(C(C)C)nc3c2CCNC3=O)s1. The van der Waals surface area contributed by atoms with Crippen molar-refractivity contribution in [2.45, 2.75) is 39.5 Å². The highest BCUT2D eigenvalue weighted by Gasteiger charge is 2.24. The fourth-order valence-corrected chi connectivity index (χ4v) is 3.53. The van der Waals surface area contributed by atoms with Gasteiger partial charge in [-0.2, -0.15) is 0 Å². The summed E-state index contributed by atoms with van der Waals surface area (Å²) < 4.78 is 0. The van der Waals surface area contributed by atoms with Gasteiger partial charge in [0.05, 0.1) is 0 Å². The van der Waals surface area contributed by atoms with Crippen molar-refractivity contribution in [2.75, 3.05) is 18.4 Å². The first-order valence-corrected chi connectivity index (χ1v) is 8.84. The minimum absolute atomic E-state index is 0.0903. The zero-order valence-corrected chi connectivity index (χ0v) is 14.6. The van der Waals surface area contributed by atoms with Crippen molar-refractivity contribution in [3.05, 3.63) is 39.0 Å². The van der Waals surface area contributed by atoms with E-state index in [1.54, 1.807) is 0 Å². The predicted molar refractivity (Wildman–Crippen MR) is 93.4 cm³/mol. The minimum Gasteiger partial charge on any atom is -0.369 e. The molecule has 0 fully saturated rings. The summed E-state index contributed by atoms with van der Waals surface area (Å²) in [5.41, 5.74) is 1.48. The van der Waals surface area contributed by atoms with Crippen LogP contribution in [0.3, 0.4) is 0 Å². The van der Waals surface area contributed by atoms with Crippen LogP contribution < -0.4 is 10.6 Å². The van der Waals surface area contributed by atoms with E-state index >= 15 is 0 Å². The predicted octanol–water partition coefficient (Wildman–Crippen LogP) is 2.91. The van der Waals surface area contributed by atoms with Crippen molar-refractivity contribution in [1.82, 2.24) is 15.3 Å². The number of hydrogen-bond acceptors (Lipinski definition) is 5. The smallest absolute Gasteiger partial charge is 0.270 e. The highest BCUT2D eigenvalue weighted by molar-refractivity contribution is 7.11. The molecule has 2 N–H and O–H groups in total. The Balaban J connectivity index is 1.80. The van der Waals surface area contributed by atoms with E-state index in [1.807, 2.05) is 25.2 Å². The molecule has 2 aromatic heterocycles. The Bertz CT molecular complexity index is 723. The van der Waals surface area contributed by atoms with Crippen LogP contribution in [0.1, 0.15) is 51.4 Å². The highest BCUT2D eigenvalue weighted by Crippen LogP contribution is 2.23. The quantitative estimate of drug-likeness (QED) is 0.884. The zero-order valence-electron chi connectivity index (χ0n) is 13.8. The monoisotopic (exact) mass is 330 g/mol. The summed E-state index contributed by atoms with van der Waals surface area (Å²) in [4.78, 5) is 23.9. The first-order valence-electron chi connectivity index (χ1n) is 8.03. The molecule has 0 atom stereocenters. The van der Waals surface area contributed by atoms with E-state index in [9.17, 15) is 4.79 Å². The first kappa shape index (κ1) is 15.9. The molecule has 1 amide bonds. The van der Waals surface area contributed by atoms with Crippen molar-refractivity contribution < 1.29 is 4.79 Å². The standard InChI is InChI=1S/C17H22N4OS/c1-10(2)15-20-14-13(7-9-19-17(14)22)16(21-15)18-8-6-12-5-4-11(3)23-12/h4-5,10H,6-9H2,1-3H3,(H,19,22)(H,18,20,21). The number of carbonyl (C=O) groups excluding carboxylic acids is 1. The van der Waals surface area contributed by atoms with Crippen LogP contribution in [-0.2, 0) is 12.8 Å². The number of nitrogens with one attached hydrogen (secondary N) is 2. The third kappa shape index (κ3) is 3.52. The van der Waals surface area contributed by atoms with Crippen LogP contribution in [0.15, 0.2) is 12.1 Å². The maximum atomic E-state index is 12.1. The Hall–Kier alpha value is -1.95. The lowest BCUT2D eigenvalue weighted by molar-refractivity contribution is 0.0940. The Morgan fingerprint density at radius 1 is 1.35 bits per heavy atom. The molecule has 1 aliphatic heterocycles. The largest absolute Gasteiger partial charge is 0.369 e. The molecule has 0 aromatic carbocycles. The number of hydrogen-bond donors (Lipinski definition) is 2. The van der Waals surface area contributed by atoms with Crippen LogP contribution >= 0.6 is 11.3 Å². The highest BCUT2D eigenvalue weighted by atomic mass is 32.1. The van der Waals surface area contributed by atoms with Gasteiger partial charge < -0.3 is 10.6 Å². The summed E-state index contributed by atoms with van der Waals surface area (Å²) in [6.07, 6.45) is 1.74. The van der Waals surface area contributed by atoms with Gasteiger partial charge in [0.2, 0.25) is 0 Å². The van der Waals surface area contributed by atoms with Crippen molar-refractivity contribution >= 4 is 23.1 Å². The molecule has 0 saturated carbocycles. The average molecular weight is 330 g/mol. The molecule has 0 radical (unpaired) electrons. The Kier molecular flexibility index (Phi) is 4.61. The second-order valence-electron chi connectivity index (χ2n) is 6.11. The van der Waals surface area contributed by atoms with E-state index in [2.05, 4.69) is 39.7 Å². The number of amides is 1. The van der Waals surface area contributed by atoms with Gasteiger partial charge in [-0.05, 0) is 31.9 Å². The molecule has 3 heterocycles. The van der Waals surface area contributed by atoms with Gasteiger partial charge in [-0.25, -0.2) is 9.97 Å². The van der Waals surface area contributed by atoms with E-state index in [0.29, 0.717) is 12.2 Å². The summed E-state index contributed by atoms with van der Waals surface area (Å²) in [5, 5.41) is 6.28. The second-order valence-corrected chi connectivity index (χ2v) is 7.48. The van der Waals surface area contributed by atoms with Gasteiger partial charge in [-0.3, -0.25) is 4.79 Å². The van der Waals surface area contributed by atoms with Gasteiger partial charge in [-0.15, -0.1) is 11.3 Å². The number of fused-ring (bicyclic) bond motifs is 1. The Morgan fingerprint density at radius 3 is 2.87 bits per heavy atom. The molecule has 0 saturated heterocycles. The molecule has 0 bridgehead atoms. The molecule has 122 valence electrons. The summed E-state index contributed by atoms with van der Waals surface area (Å²) in [7, 11) is 0. The second kappa shape index (κ2) is 6.66. The fraction of sp³-hybridized carbons (Fsp3) is 0.471. The Morgan fingerprint density at radius 2 is 2.17 bits per heavy atom. The van der Waals surface area contributed by atoms with Crippen molar-refractivity contribution in [3.63, 3.8) is 0 Å². The number of anilines is 1. The van der Waals surface area contributed by atoms with Crippen LogP contribution in [0.4, 0.5) is 5.82 Å². The summed E-state index contributed by atoms with van der Waals surface area (Å²) >= 11 is 1.82. The van der Waals surface area contributed by atoms with Crippen LogP contribution in [0.2, 0.25) is 0 Å². The van der Waals surface area contributed by atoms with E-state index < -0.39 is 0 Å². The lowest BCUT2D eigenvalue weighted by atomic mass is 10.1. The topological polar surface area (TPSA) is 66.9 Å². The molecule has 3 rings (SSSR count). The minimum atomic E-state index is -0.0903. The molecule has 2 aromatic rings. The number of rotatable bonds is 5. The van der Waals surface area contributed by atoms with Gasteiger partial charge >= 0.3 is 0 Å². The summed E-state index contributed by atoms with van der Waals surface area (Å²) in [5.74, 6) is 1.64. The van der Waals surface area contributed by atoms with Crippen LogP contribution in [0.5, 0.6) is 0 Å². The van der Waals surface area contributed by atoms with Gasteiger partial charge in [0, 0.05) is 34.3 Å². The van der Waals surface area contributed by atoms with Crippen molar-refractivity contribution in [2.24, 2.45) is 0 Å². The molecule has 0 spiro atoms. The molecular formula is C17H22N4OS. The summed E-state index contributed by atoms with van der Waals surface area (Å²) in [6, 6.07) is 4.32. The van der Waals surface area contributed by atoms with Crippen LogP contribution in [-0.4, -0.2) is 29.0 Å². The Labute approximate surface area is 140 Å². The number of thiophene rings is 1. The summed E-state index contributed by atoms with van der Waals surface area (Å²) in [6.45, 7) is 7.66. The normalized spacial score (nSPS) is 13.8. The molecule has 23 heavy (non-hydrogen) atoms. The molecular weight excluding hydrogens is 308 g/mol. The van der Waals surface area contributed by atoms with Crippen molar-refractivity contribution in [3.8, 4) is 0 Å². The molecule has 1 aliphatic rings. The van der Waals surface area contributed by atoms with E-state index in [-0.39, 0.29) is 11.8 Å². The van der Waals surface area contributed by atoms with E-state index in [1.165, 1.54) is 9.75 Å². The number of nitrogens with zero attached hydrogens (tertiary/aromatic N) is 2. The maximum Gasteiger partial charge on any atom is 0.270 e.